The van der Waals surface area contributed by atoms with Crippen molar-refractivity contribution in [2.24, 2.45) is 5.73 Å². The lowest BCUT2D eigenvalue weighted by Crippen LogP contribution is -2.18. The zero-order chi connectivity index (χ0) is 13.6. The van der Waals surface area contributed by atoms with Crippen LogP contribution in [0.1, 0.15) is 41.3 Å². The SMILES string of the molecule is Cc1cc(C)c(C(=N)N)c(-n2ccc(C3CC3)n2)n1. The van der Waals surface area contributed by atoms with Crippen LogP contribution >= 0.6 is 0 Å². The average Bonchev–Trinajstić information content (AvgIpc) is 3.05. The van der Waals surface area contributed by atoms with Crippen LogP contribution in [0, 0.1) is 19.3 Å². The zero-order valence-corrected chi connectivity index (χ0v) is 11.1. The van der Waals surface area contributed by atoms with Gasteiger partial charge in [0.25, 0.3) is 0 Å². The van der Waals surface area contributed by atoms with E-state index in [0.29, 0.717) is 17.3 Å². The third-order valence-corrected chi connectivity index (χ3v) is 3.42. The maximum atomic E-state index is 7.74. The Morgan fingerprint density at radius 1 is 1.42 bits per heavy atom. The molecule has 0 aromatic carbocycles. The minimum atomic E-state index is 0.0310. The molecule has 0 unspecified atom stereocenters. The Morgan fingerprint density at radius 3 is 2.79 bits per heavy atom. The van der Waals surface area contributed by atoms with Crippen LogP contribution in [0.15, 0.2) is 18.3 Å². The second kappa shape index (κ2) is 4.19. The predicted molar refractivity (Wildman–Crippen MR) is 73.8 cm³/mol. The summed E-state index contributed by atoms with van der Waals surface area (Å²) in [5.74, 6) is 1.29. The number of hydrogen-bond acceptors (Lipinski definition) is 3. The number of nitrogen functional groups attached to an aromatic ring is 1. The number of hydrogen-bond donors (Lipinski definition) is 2. The van der Waals surface area contributed by atoms with Crippen LogP contribution in [0.2, 0.25) is 0 Å². The molecule has 1 aliphatic rings. The fraction of sp³-hybridized carbons (Fsp3) is 0.357. The van der Waals surface area contributed by atoms with Gasteiger partial charge in [0.15, 0.2) is 5.82 Å². The number of rotatable bonds is 3. The molecule has 1 fully saturated rings. The number of nitrogens with one attached hydrogen (secondary N) is 1. The van der Waals surface area contributed by atoms with Crippen LogP contribution in [0.25, 0.3) is 5.82 Å². The van der Waals surface area contributed by atoms with E-state index in [1.54, 1.807) is 4.68 Å². The average molecular weight is 255 g/mol. The fourth-order valence-electron chi connectivity index (χ4n) is 2.37. The number of nitrogens with two attached hydrogens (primary N) is 1. The van der Waals surface area contributed by atoms with Crippen LogP contribution in [-0.2, 0) is 0 Å². The number of nitrogens with zero attached hydrogens (tertiary/aromatic N) is 3. The minimum absolute atomic E-state index is 0.0310. The van der Waals surface area contributed by atoms with Crippen molar-refractivity contribution in [3.63, 3.8) is 0 Å². The van der Waals surface area contributed by atoms with Crippen molar-refractivity contribution in [2.45, 2.75) is 32.6 Å². The summed E-state index contributed by atoms with van der Waals surface area (Å²) >= 11 is 0. The molecule has 0 radical (unpaired) electrons. The van der Waals surface area contributed by atoms with Crippen LogP contribution in [0.4, 0.5) is 0 Å². The molecule has 1 saturated carbocycles. The molecule has 19 heavy (non-hydrogen) atoms. The lowest BCUT2D eigenvalue weighted by Gasteiger charge is -2.11. The normalized spacial score (nSPS) is 14.6. The Balaban J connectivity index is 2.13. The van der Waals surface area contributed by atoms with Crippen molar-refractivity contribution < 1.29 is 0 Å². The molecule has 5 nitrogen and oxygen atoms in total. The monoisotopic (exact) mass is 255 g/mol. The highest BCUT2D eigenvalue weighted by Crippen LogP contribution is 2.39. The van der Waals surface area contributed by atoms with Crippen LogP contribution < -0.4 is 5.73 Å². The van der Waals surface area contributed by atoms with Gasteiger partial charge < -0.3 is 5.73 Å². The van der Waals surface area contributed by atoms with Gasteiger partial charge in [-0.25, -0.2) is 9.67 Å². The highest BCUT2D eigenvalue weighted by molar-refractivity contribution is 5.99. The van der Waals surface area contributed by atoms with E-state index in [-0.39, 0.29) is 5.84 Å². The van der Waals surface area contributed by atoms with E-state index in [2.05, 4.69) is 10.1 Å². The molecule has 0 saturated heterocycles. The Bertz CT molecular complexity index is 652. The molecule has 1 aliphatic carbocycles. The summed E-state index contributed by atoms with van der Waals surface area (Å²) in [5, 5.41) is 12.3. The molecule has 0 aliphatic heterocycles. The van der Waals surface area contributed by atoms with E-state index in [4.69, 9.17) is 11.1 Å². The van der Waals surface area contributed by atoms with Gasteiger partial charge in [0, 0.05) is 17.8 Å². The summed E-state index contributed by atoms with van der Waals surface area (Å²) in [6.45, 7) is 3.88. The van der Waals surface area contributed by atoms with E-state index < -0.39 is 0 Å². The quantitative estimate of drug-likeness (QED) is 0.650. The molecule has 5 heteroatoms. The summed E-state index contributed by atoms with van der Waals surface area (Å²) in [6.07, 6.45) is 4.34. The highest BCUT2D eigenvalue weighted by Gasteiger charge is 2.26. The van der Waals surface area contributed by atoms with E-state index in [9.17, 15) is 0 Å². The van der Waals surface area contributed by atoms with E-state index >= 15 is 0 Å². The van der Waals surface area contributed by atoms with Crippen molar-refractivity contribution >= 4 is 5.84 Å². The molecular formula is C14H17N5. The van der Waals surface area contributed by atoms with E-state index in [1.807, 2.05) is 32.2 Å². The van der Waals surface area contributed by atoms with Gasteiger partial charge >= 0.3 is 0 Å². The van der Waals surface area contributed by atoms with E-state index in [0.717, 1.165) is 17.0 Å². The maximum absolute atomic E-state index is 7.74. The van der Waals surface area contributed by atoms with Crippen molar-refractivity contribution in [3.05, 3.63) is 40.8 Å². The second-order valence-corrected chi connectivity index (χ2v) is 5.15. The Morgan fingerprint density at radius 2 is 2.16 bits per heavy atom. The fourth-order valence-corrected chi connectivity index (χ4v) is 2.37. The first-order valence-corrected chi connectivity index (χ1v) is 6.45. The third kappa shape index (κ3) is 2.12. The van der Waals surface area contributed by atoms with Gasteiger partial charge in [0.2, 0.25) is 0 Å². The molecule has 2 aromatic heterocycles. The first-order valence-electron chi connectivity index (χ1n) is 6.45. The third-order valence-electron chi connectivity index (χ3n) is 3.42. The Kier molecular flexibility index (Phi) is 2.62. The van der Waals surface area contributed by atoms with Gasteiger partial charge in [-0.15, -0.1) is 0 Å². The number of aromatic nitrogens is 3. The summed E-state index contributed by atoms with van der Waals surface area (Å²) < 4.78 is 1.74. The standard InChI is InChI=1S/C14H17N5/c1-8-7-9(2)17-14(12(8)13(15)16)19-6-5-11(18-19)10-3-4-10/h5-7,10H,3-4H2,1-2H3,(H3,15,16). The molecular weight excluding hydrogens is 238 g/mol. The number of aryl methyl sites for hydroxylation is 2. The van der Waals surface area contributed by atoms with Crippen molar-refractivity contribution in [3.8, 4) is 5.82 Å². The predicted octanol–water partition coefficient (Wildman–Crippen LogP) is 2.05. The molecule has 2 aromatic rings. The molecule has 0 bridgehead atoms. The van der Waals surface area contributed by atoms with Gasteiger partial charge in [-0.2, -0.15) is 5.10 Å². The van der Waals surface area contributed by atoms with Gasteiger partial charge in [-0.05, 0) is 44.4 Å². The van der Waals surface area contributed by atoms with Crippen molar-refractivity contribution in [2.75, 3.05) is 0 Å². The van der Waals surface area contributed by atoms with Crippen LogP contribution in [0.3, 0.4) is 0 Å². The molecule has 3 rings (SSSR count). The first kappa shape index (κ1) is 11.9. The number of amidine groups is 1. The summed E-state index contributed by atoms with van der Waals surface area (Å²) in [4.78, 5) is 4.50. The molecule has 98 valence electrons. The molecule has 3 N–H and O–H groups in total. The zero-order valence-electron chi connectivity index (χ0n) is 11.1. The number of pyridine rings is 1. The highest BCUT2D eigenvalue weighted by atomic mass is 15.3. The Labute approximate surface area is 112 Å². The summed E-state index contributed by atoms with van der Waals surface area (Å²) in [7, 11) is 0. The van der Waals surface area contributed by atoms with Crippen LogP contribution in [0.5, 0.6) is 0 Å². The molecule has 0 amide bonds. The largest absolute Gasteiger partial charge is 0.384 e. The minimum Gasteiger partial charge on any atom is -0.384 e. The van der Waals surface area contributed by atoms with Gasteiger partial charge in [0.1, 0.15) is 5.84 Å². The summed E-state index contributed by atoms with van der Waals surface area (Å²) in [5.41, 5.74) is 9.31. The van der Waals surface area contributed by atoms with Crippen LogP contribution in [-0.4, -0.2) is 20.6 Å². The molecule has 2 heterocycles. The van der Waals surface area contributed by atoms with Crippen molar-refractivity contribution in [1.82, 2.24) is 14.8 Å². The second-order valence-electron chi connectivity index (χ2n) is 5.15. The molecule has 0 atom stereocenters. The molecule has 0 spiro atoms. The van der Waals surface area contributed by atoms with Gasteiger partial charge in [-0.3, -0.25) is 5.41 Å². The van der Waals surface area contributed by atoms with Crippen molar-refractivity contribution in [1.29, 1.82) is 5.41 Å². The maximum Gasteiger partial charge on any atom is 0.164 e. The van der Waals surface area contributed by atoms with Gasteiger partial charge in [-0.1, -0.05) is 0 Å². The topological polar surface area (TPSA) is 80.6 Å². The Hall–Kier alpha value is -2.17. The smallest absolute Gasteiger partial charge is 0.164 e. The van der Waals surface area contributed by atoms with E-state index in [1.165, 1.54) is 12.8 Å². The first-order chi connectivity index (χ1) is 9.06. The summed E-state index contributed by atoms with van der Waals surface area (Å²) in [6, 6.07) is 3.96. The van der Waals surface area contributed by atoms with Gasteiger partial charge in [0.05, 0.1) is 11.3 Å². The lowest BCUT2D eigenvalue weighted by molar-refractivity contribution is 0.804. The lowest BCUT2D eigenvalue weighted by atomic mass is 10.1.